The van der Waals surface area contributed by atoms with E-state index in [0.29, 0.717) is 24.0 Å². The Kier molecular flexibility index (Phi) is 3.58. The topological polar surface area (TPSA) is 20.2 Å². The van der Waals surface area contributed by atoms with Gasteiger partial charge in [0.2, 0.25) is 0 Å². The highest BCUT2D eigenvalue weighted by atomic mass is 19.1. The van der Waals surface area contributed by atoms with Crippen LogP contribution in [-0.4, -0.2) is 11.2 Å². The molecule has 0 aliphatic rings. The molecule has 14 heavy (non-hydrogen) atoms. The van der Waals surface area contributed by atoms with Gasteiger partial charge in [-0.25, -0.2) is 8.78 Å². The van der Waals surface area contributed by atoms with E-state index in [1.807, 2.05) is 0 Å². The lowest BCUT2D eigenvalue weighted by atomic mass is 10.0. The lowest BCUT2D eigenvalue weighted by Crippen LogP contribution is -2.03. The fraction of sp³-hybridized carbons (Fsp3) is 0.455. The average Bonchev–Trinajstić information content (AvgIpc) is 2.09. The third-order valence-corrected chi connectivity index (χ3v) is 2.16. The van der Waals surface area contributed by atoms with Crippen LogP contribution in [0.15, 0.2) is 12.1 Å². The van der Waals surface area contributed by atoms with Gasteiger partial charge in [-0.05, 0) is 49.9 Å². The largest absolute Gasteiger partial charge is 0.393 e. The molecule has 0 saturated heterocycles. The first-order valence-corrected chi connectivity index (χ1v) is 4.63. The smallest absolute Gasteiger partial charge is 0.126 e. The van der Waals surface area contributed by atoms with E-state index in [4.69, 9.17) is 5.11 Å². The van der Waals surface area contributed by atoms with Crippen molar-refractivity contribution in [1.29, 1.82) is 0 Å². The van der Waals surface area contributed by atoms with Crippen molar-refractivity contribution in [1.82, 2.24) is 0 Å². The summed E-state index contributed by atoms with van der Waals surface area (Å²) >= 11 is 0. The van der Waals surface area contributed by atoms with Crippen molar-refractivity contribution in [2.24, 2.45) is 0 Å². The van der Waals surface area contributed by atoms with E-state index in [2.05, 4.69) is 0 Å². The van der Waals surface area contributed by atoms with Gasteiger partial charge in [0.25, 0.3) is 0 Å². The summed E-state index contributed by atoms with van der Waals surface area (Å²) in [7, 11) is 0. The van der Waals surface area contributed by atoms with E-state index in [9.17, 15) is 8.78 Å². The second kappa shape index (κ2) is 4.51. The predicted octanol–water partition coefficient (Wildman–Crippen LogP) is 2.59. The average molecular weight is 200 g/mol. The van der Waals surface area contributed by atoms with Crippen LogP contribution in [0.1, 0.15) is 24.5 Å². The monoisotopic (exact) mass is 200 g/mol. The van der Waals surface area contributed by atoms with Crippen LogP contribution in [-0.2, 0) is 6.42 Å². The molecule has 0 heterocycles. The Morgan fingerprint density at radius 1 is 1.29 bits per heavy atom. The van der Waals surface area contributed by atoms with Crippen molar-refractivity contribution in [3.05, 3.63) is 34.9 Å². The van der Waals surface area contributed by atoms with E-state index in [-0.39, 0.29) is 0 Å². The Hall–Kier alpha value is -0.960. The van der Waals surface area contributed by atoms with E-state index in [0.717, 1.165) is 0 Å². The molecule has 0 aromatic heterocycles. The van der Waals surface area contributed by atoms with Gasteiger partial charge in [0.1, 0.15) is 11.6 Å². The van der Waals surface area contributed by atoms with Crippen LogP contribution in [0.4, 0.5) is 8.78 Å². The fourth-order valence-corrected chi connectivity index (χ4v) is 1.24. The number of benzene rings is 1. The highest BCUT2D eigenvalue weighted by molar-refractivity contribution is 5.25. The van der Waals surface area contributed by atoms with Crippen LogP contribution in [0.25, 0.3) is 0 Å². The summed E-state index contributed by atoms with van der Waals surface area (Å²) < 4.78 is 26.3. The molecule has 0 amide bonds. The summed E-state index contributed by atoms with van der Waals surface area (Å²) in [6.07, 6.45) is 0.318. The molecule has 1 rings (SSSR count). The second-order valence-corrected chi connectivity index (χ2v) is 3.58. The van der Waals surface area contributed by atoms with Crippen molar-refractivity contribution in [3.8, 4) is 0 Å². The maximum atomic E-state index is 13.2. The van der Waals surface area contributed by atoms with Crippen molar-refractivity contribution in [2.75, 3.05) is 0 Å². The maximum Gasteiger partial charge on any atom is 0.126 e. The number of hydrogen-bond acceptors (Lipinski definition) is 1. The zero-order valence-electron chi connectivity index (χ0n) is 8.35. The minimum atomic E-state index is -0.487. The van der Waals surface area contributed by atoms with Crippen molar-refractivity contribution in [3.63, 3.8) is 0 Å². The maximum absolute atomic E-state index is 13.2. The molecule has 0 spiro atoms. The molecule has 0 fully saturated rings. The summed E-state index contributed by atoms with van der Waals surface area (Å²) in [4.78, 5) is 0. The standard InChI is InChI=1S/C11H14F2O/c1-7-5-11(13)9(6-10(7)12)4-3-8(2)14/h5-6,8,14H,3-4H2,1-2H3/t8-/m0/s1. The van der Waals surface area contributed by atoms with Crippen molar-refractivity contribution < 1.29 is 13.9 Å². The van der Waals surface area contributed by atoms with E-state index >= 15 is 0 Å². The highest BCUT2D eigenvalue weighted by Gasteiger charge is 2.07. The molecular formula is C11H14F2O. The first-order valence-electron chi connectivity index (χ1n) is 4.63. The third-order valence-electron chi connectivity index (χ3n) is 2.16. The Balaban J connectivity index is 2.82. The highest BCUT2D eigenvalue weighted by Crippen LogP contribution is 2.16. The number of hydrogen-bond donors (Lipinski definition) is 1. The first-order chi connectivity index (χ1) is 6.50. The number of halogens is 2. The van der Waals surface area contributed by atoms with Gasteiger partial charge in [0, 0.05) is 0 Å². The minimum Gasteiger partial charge on any atom is -0.393 e. The van der Waals surface area contributed by atoms with Gasteiger partial charge in [-0.3, -0.25) is 0 Å². The SMILES string of the molecule is Cc1cc(F)c(CC[C@H](C)O)cc1F. The number of aryl methyl sites for hydroxylation is 2. The normalized spacial score (nSPS) is 12.9. The van der Waals surface area contributed by atoms with Gasteiger partial charge in [-0.15, -0.1) is 0 Å². The molecule has 1 nitrogen and oxygen atoms in total. The molecular weight excluding hydrogens is 186 g/mol. The zero-order valence-corrected chi connectivity index (χ0v) is 8.35. The summed E-state index contributed by atoms with van der Waals surface area (Å²) in [6, 6.07) is 2.39. The van der Waals surface area contributed by atoms with Crippen LogP contribution in [0.5, 0.6) is 0 Å². The lowest BCUT2D eigenvalue weighted by Gasteiger charge is -2.06. The number of aliphatic hydroxyl groups is 1. The molecule has 0 radical (unpaired) electrons. The van der Waals surface area contributed by atoms with Gasteiger partial charge in [-0.2, -0.15) is 0 Å². The van der Waals surface area contributed by atoms with Crippen LogP contribution in [0, 0.1) is 18.6 Å². The van der Waals surface area contributed by atoms with E-state index in [1.54, 1.807) is 6.92 Å². The van der Waals surface area contributed by atoms with Crippen molar-refractivity contribution in [2.45, 2.75) is 32.8 Å². The molecule has 0 unspecified atom stereocenters. The Morgan fingerprint density at radius 2 is 1.93 bits per heavy atom. The lowest BCUT2D eigenvalue weighted by molar-refractivity contribution is 0.184. The Labute approximate surface area is 82.4 Å². The predicted molar refractivity (Wildman–Crippen MR) is 51.1 cm³/mol. The molecule has 1 aromatic carbocycles. The zero-order chi connectivity index (χ0) is 10.7. The van der Waals surface area contributed by atoms with E-state index < -0.39 is 17.7 Å². The molecule has 1 atom stereocenters. The molecule has 78 valence electrons. The number of aliphatic hydroxyl groups excluding tert-OH is 1. The molecule has 1 aromatic rings. The summed E-state index contributed by atoms with van der Waals surface area (Å²) in [6.45, 7) is 3.15. The fourth-order valence-electron chi connectivity index (χ4n) is 1.24. The molecule has 3 heteroatoms. The van der Waals surface area contributed by atoms with Crippen LogP contribution >= 0.6 is 0 Å². The third kappa shape index (κ3) is 2.77. The molecule has 0 saturated carbocycles. The van der Waals surface area contributed by atoms with E-state index in [1.165, 1.54) is 19.1 Å². The molecule has 0 bridgehead atoms. The Bertz CT molecular complexity index is 321. The first kappa shape index (κ1) is 11.1. The quantitative estimate of drug-likeness (QED) is 0.795. The second-order valence-electron chi connectivity index (χ2n) is 3.58. The van der Waals surface area contributed by atoms with Gasteiger partial charge in [0.05, 0.1) is 6.10 Å². The number of rotatable bonds is 3. The van der Waals surface area contributed by atoms with Gasteiger partial charge in [-0.1, -0.05) is 0 Å². The van der Waals surface area contributed by atoms with Gasteiger partial charge < -0.3 is 5.11 Å². The van der Waals surface area contributed by atoms with Crippen LogP contribution < -0.4 is 0 Å². The molecule has 1 N–H and O–H groups in total. The Morgan fingerprint density at radius 3 is 2.50 bits per heavy atom. The summed E-state index contributed by atoms with van der Waals surface area (Å²) in [5.41, 5.74) is 0.636. The summed E-state index contributed by atoms with van der Waals surface area (Å²) in [5, 5.41) is 9.01. The molecule has 0 aliphatic carbocycles. The van der Waals surface area contributed by atoms with Crippen LogP contribution in [0.2, 0.25) is 0 Å². The molecule has 0 aliphatic heterocycles. The van der Waals surface area contributed by atoms with Crippen LogP contribution in [0.3, 0.4) is 0 Å². The van der Waals surface area contributed by atoms with Gasteiger partial charge in [0.15, 0.2) is 0 Å². The minimum absolute atomic E-state index is 0.309. The van der Waals surface area contributed by atoms with Gasteiger partial charge >= 0.3 is 0 Å². The summed E-state index contributed by atoms with van der Waals surface area (Å²) in [5.74, 6) is -0.795. The van der Waals surface area contributed by atoms with Crippen molar-refractivity contribution >= 4 is 0 Å².